The van der Waals surface area contributed by atoms with Gasteiger partial charge in [-0.15, -0.1) is 0 Å². The number of hydrogen-bond acceptors (Lipinski definition) is 2. The number of nitrogens with zero attached hydrogens (tertiary/aromatic N) is 1. The van der Waals surface area contributed by atoms with Crippen molar-refractivity contribution in [3.05, 3.63) is 96.2 Å². The predicted molar refractivity (Wildman–Crippen MR) is 105 cm³/mol. The lowest BCUT2D eigenvalue weighted by molar-refractivity contribution is 0.0955. The first-order valence-electron chi connectivity index (χ1n) is 8.36. The summed E-state index contributed by atoms with van der Waals surface area (Å²) in [4.78, 5) is 15.4. The molecule has 1 heterocycles. The van der Waals surface area contributed by atoms with Crippen LogP contribution in [0.25, 0.3) is 22.0 Å². The van der Waals surface area contributed by atoms with Gasteiger partial charge in [-0.2, -0.15) is 5.10 Å². The molecule has 0 saturated carbocycles. The second-order valence-corrected chi connectivity index (χ2v) is 5.93. The summed E-state index contributed by atoms with van der Waals surface area (Å²) >= 11 is 0. The van der Waals surface area contributed by atoms with Crippen molar-refractivity contribution in [2.75, 3.05) is 0 Å². The van der Waals surface area contributed by atoms with Gasteiger partial charge in [-0.05, 0) is 29.3 Å². The molecule has 26 heavy (non-hydrogen) atoms. The van der Waals surface area contributed by atoms with Gasteiger partial charge in [0.25, 0.3) is 5.91 Å². The minimum atomic E-state index is -0.235. The summed E-state index contributed by atoms with van der Waals surface area (Å²) in [6.45, 7) is 0. The van der Waals surface area contributed by atoms with Crippen LogP contribution in [0.15, 0.2) is 90.2 Å². The first-order valence-corrected chi connectivity index (χ1v) is 8.36. The Hall–Kier alpha value is -3.66. The Morgan fingerprint density at radius 1 is 0.846 bits per heavy atom. The molecule has 4 nitrogen and oxygen atoms in total. The maximum absolute atomic E-state index is 12.3. The number of amides is 1. The quantitative estimate of drug-likeness (QED) is 0.414. The first kappa shape index (κ1) is 15.8. The predicted octanol–water partition coefficient (Wildman–Crippen LogP) is 4.60. The molecule has 4 rings (SSSR count). The van der Waals surface area contributed by atoms with Crippen molar-refractivity contribution in [1.82, 2.24) is 10.4 Å². The molecule has 2 N–H and O–H groups in total. The Kier molecular flexibility index (Phi) is 4.31. The van der Waals surface area contributed by atoms with Crippen molar-refractivity contribution in [3.8, 4) is 11.1 Å². The van der Waals surface area contributed by atoms with E-state index in [4.69, 9.17) is 0 Å². The zero-order valence-electron chi connectivity index (χ0n) is 14.0. The minimum absolute atomic E-state index is 0.235. The van der Waals surface area contributed by atoms with Gasteiger partial charge in [-0.25, -0.2) is 5.43 Å². The van der Waals surface area contributed by atoms with Crippen molar-refractivity contribution in [2.24, 2.45) is 5.10 Å². The number of fused-ring (bicyclic) bond motifs is 1. The molecule has 0 atom stereocenters. The topological polar surface area (TPSA) is 57.2 Å². The van der Waals surface area contributed by atoms with E-state index in [2.05, 4.69) is 15.5 Å². The third kappa shape index (κ3) is 3.26. The highest BCUT2D eigenvalue weighted by Gasteiger charge is 2.05. The molecule has 0 aliphatic heterocycles. The van der Waals surface area contributed by atoms with E-state index in [1.807, 2.05) is 72.9 Å². The molecule has 4 heteroatoms. The van der Waals surface area contributed by atoms with E-state index in [9.17, 15) is 4.79 Å². The van der Waals surface area contributed by atoms with Gasteiger partial charge < -0.3 is 4.98 Å². The number of rotatable bonds is 4. The van der Waals surface area contributed by atoms with Gasteiger partial charge in [0.15, 0.2) is 0 Å². The molecule has 1 aromatic heterocycles. The molecule has 0 bridgehead atoms. The van der Waals surface area contributed by atoms with Crippen LogP contribution in [0.3, 0.4) is 0 Å². The molecule has 3 aromatic carbocycles. The van der Waals surface area contributed by atoms with Gasteiger partial charge in [0.1, 0.15) is 0 Å². The third-order valence-electron chi connectivity index (χ3n) is 4.25. The number of carbonyl (C=O) groups is 1. The number of hydrazone groups is 1. The van der Waals surface area contributed by atoms with Crippen LogP contribution >= 0.6 is 0 Å². The molecule has 126 valence electrons. The molecule has 0 aliphatic carbocycles. The molecule has 0 unspecified atom stereocenters. The molecule has 0 radical (unpaired) electrons. The normalized spacial score (nSPS) is 11.1. The van der Waals surface area contributed by atoms with Crippen molar-refractivity contribution in [2.45, 2.75) is 0 Å². The number of aromatic nitrogens is 1. The van der Waals surface area contributed by atoms with Crippen LogP contribution in [0.1, 0.15) is 15.9 Å². The van der Waals surface area contributed by atoms with Crippen LogP contribution in [0.2, 0.25) is 0 Å². The summed E-state index contributed by atoms with van der Waals surface area (Å²) in [6.07, 6.45) is 3.52. The number of nitrogens with one attached hydrogen (secondary N) is 2. The van der Waals surface area contributed by atoms with Gasteiger partial charge in [0.2, 0.25) is 0 Å². The highest BCUT2D eigenvalue weighted by atomic mass is 16.2. The van der Waals surface area contributed by atoms with Gasteiger partial charge in [0, 0.05) is 28.2 Å². The molecule has 0 spiro atoms. The summed E-state index contributed by atoms with van der Waals surface area (Å²) < 4.78 is 0. The highest BCUT2D eigenvalue weighted by molar-refractivity contribution is 6.00. The second-order valence-electron chi connectivity index (χ2n) is 5.93. The molecule has 0 fully saturated rings. The molecule has 1 amide bonds. The van der Waals surface area contributed by atoms with Crippen LogP contribution < -0.4 is 5.43 Å². The van der Waals surface area contributed by atoms with Crippen molar-refractivity contribution in [1.29, 1.82) is 0 Å². The summed E-state index contributed by atoms with van der Waals surface area (Å²) in [7, 11) is 0. The van der Waals surface area contributed by atoms with Crippen molar-refractivity contribution >= 4 is 23.0 Å². The highest BCUT2D eigenvalue weighted by Crippen LogP contribution is 2.19. The monoisotopic (exact) mass is 339 g/mol. The molecule has 4 aromatic rings. The summed E-state index contributed by atoms with van der Waals surface area (Å²) in [5.74, 6) is -0.235. The smallest absolute Gasteiger partial charge is 0.271 e. The average molecular weight is 339 g/mol. The summed E-state index contributed by atoms with van der Waals surface area (Å²) in [6, 6.07) is 25.5. The van der Waals surface area contributed by atoms with E-state index in [1.165, 1.54) is 0 Å². The number of hydrogen-bond donors (Lipinski definition) is 2. The molecule has 0 saturated heterocycles. The zero-order valence-corrected chi connectivity index (χ0v) is 14.0. The lowest BCUT2D eigenvalue weighted by Crippen LogP contribution is -2.17. The summed E-state index contributed by atoms with van der Waals surface area (Å²) in [5, 5.41) is 5.14. The zero-order chi connectivity index (χ0) is 17.8. The van der Waals surface area contributed by atoms with Gasteiger partial charge in [-0.3, -0.25) is 4.79 Å². The lowest BCUT2D eigenvalue weighted by Gasteiger charge is -2.03. The summed E-state index contributed by atoms with van der Waals surface area (Å²) in [5.41, 5.74) is 7.31. The number of para-hydroxylation sites is 1. The Labute approximate surface area is 151 Å². The third-order valence-corrected chi connectivity index (χ3v) is 4.25. The van der Waals surface area contributed by atoms with Crippen molar-refractivity contribution in [3.63, 3.8) is 0 Å². The Balaban J connectivity index is 1.45. The Bertz CT molecular complexity index is 1060. The van der Waals surface area contributed by atoms with E-state index >= 15 is 0 Å². The van der Waals surface area contributed by atoms with Crippen molar-refractivity contribution < 1.29 is 4.79 Å². The van der Waals surface area contributed by atoms with Crippen LogP contribution in [-0.2, 0) is 0 Å². The van der Waals surface area contributed by atoms with E-state index in [1.54, 1.807) is 18.3 Å². The van der Waals surface area contributed by atoms with E-state index < -0.39 is 0 Å². The van der Waals surface area contributed by atoms with E-state index in [-0.39, 0.29) is 5.91 Å². The van der Waals surface area contributed by atoms with Crippen LogP contribution in [-0.4, -0.2) is 17.1 Å². The SMILES string of the molecule is O=C(NN=Cc1c[nH]c2ccccc12)c1ccc(-c2ccccc2)cc1. The number of carbonyl (C=O) groups excluding carboxylic acids is 1. The largest absolute Gasteiger partial charge is 0.361 e. The molecular formula is C22H17N3O. The fourth-order valence-electron chi connectivity index (χ4n) is 2.87. The van der Waals surface area contributed by atoms with Crippen LogP contribution in [0, 0.1) is 0 Å². The fraction of sp³-hybridized carbons (Fsp3) is 0. The Morgan fingerprint density at radius 3 is 2.35 bits per heavy atom. The number of benzene rings is 3. The van der Waals surface area contributed by atoms with Gasteiger partial charge >= 0.3 is 0 Å². The van der Waals surface area contributed by atoms with Crippen LogP contribution in [0.5, 0.6) is 0 Å². The molecule has 0 aliphatic rings. The first-order chi connectivity index (χ1) is 12.8. The molecular weight excluding hydrogens is 322 g/mol. The number of H-pyrrole nitrogens is 1. The maximum Gasteiger partial charge on any atom is 0.271 e. The Morgan fingerprint density at radius 2 is 1.54 bits per heavy atom. The fourth-order valence-corrected chi connectivity index (χ4v) is 2.87. The van der Waals surface area contributed by atoms with E-state index in [0.29, 0.717) is 5.56 Å². The van der Waals surface area contributed by atoms with Gasteiger partial charge in [-0.1, -0.05) is 60.7 Å². The standard InChI is InChI=1S/C22H17N3O/c26-22(18-12-10-17(11-13-18)16-6-2-1-3-7-16)25-24-15-19-14-23-21-9-5-4-8-20(19)21/h1-15,23H,(H,25,26). The van der Waals surface area contributed by atoms with E-state index in [0.717, 1.165) is 27.6 Å². The van der Waals surface area contributed by atoms with Crippen LogP contribution in [0.4, 0.5) is 0 Å². The minimum Gasteiger partial charge on any atom is -0.361 e. The van der Waals surface area contributed by atoms with Gasteiger partial charge in [0.05, 0.1) is 6.21 Å². The average Bonchev–Trinajstić information content (AvgIpc) is 3.12. The lowest BCUT2D eigenvalue weighted by atomic mass is 10.0. The maximum atomic E-state index is 12.3. The number of aromatic amines is 1. The second kappa shape index (κ2) is 7.07.